The van der Waals surface area contributed by atoms with E-state index in [-0.39, 0.29) is 11.8 Å². The average molecular weight is 243 g/mol. The van der Waals surface area contributed by atoms with Gasteiger partial charge in [-0.15, -0.1) is 0 Å². The highest BCUT2D eigenvalue weighted by Crippen LogP contribution is 2.28. The third kappa shape index (κ3) is 2.29. The van der Waals surface area contributed by atoms with Gasteiger partial charge in [-0.25, -0.2) is 0 Å². The Morgan fingerprint density at radius 2 is 1.83 bits per heavy atom. The van der Waals surface area contributed by atoms with Gasteiger partial charge in [-0.1, -0.05) is 31.2 Å². The first kappa shape index (κ1) is 11.8. The zero-order valence-electron chi connectivity index (χ0n) is 11.0. The zero-order valence-corrected chi connectivity index (χ0v) is 11.0. The number of hydrogen-bond acceptors (Lipinski definition) is 1. The minimum Gasteiger partial charge on any atom is -0.353 e. The monoisotopic (exact) mass is 243 g/mol. The lowest BCUT2D eigenvalue weighted by Gasteiger charge is -2.16. The molecule has 2 unspecified atom stereocenters. The normalized spacial score (nSPS) is 27.2. The molecule has 0 heterocycles. The van der Waals surface area contributed by atoms with Crippen molar-refractivity contribution in [1.29, 1.82) is 0 Å². The fourth-order valence-corrected chi connectivity index (χ4v) is 3.40. The minimum atomic E-state index is 0.165. The SMILES string of the molecule is CC1CCC(NC(=O)C2Cc3ccccc3C2)C1. The molecule has 0 saturated heterocycles. The van der Waals surface area contributed by atoms with E-state index in [4.69, 9.17) is 0 Å². The van der Waals surface area contributed by atoms with Crippen molar-refractivity contribution in [2.24, 2.45) is 11.8 Å². The predicted molar refractivity (Wildman–Crippen MR) is 72.3 cm³/mol. The number of rotatable bonds is 2. The molecule has 18 heavy (non-hydrogen) atoms. The minimum absolute atomic E-state index is 0.165. The van der Waals surface area contributed by atoms with Gasteiger partial charge in [0.05, 0.1) is 0 Å². The van der Waals surface area contributed by atoms with Crippen LogP contribution in [0.1, 0.15) is 37.3 Å². The Morgan fingerprint density at radius 3 is 2.39 bits per heavy atom. The maximum atomic E-state index is 12.3. The first-order valence-electron chi connectivity index (χ1n) is 7.09. The molecule has 3 rings (SSSR count). The number of carbonyl (C=O) groups is 1. The van der Waals surface area contributed by atoms with Crippen molar-refractivity contribution in [3.63, 3.8) is 0 Å². The van der Waals surface area contributed by atoms with E-state index in [2.05, 4.69) is 36.5 Å². The Kier molecular flexibility index (Phi) is 3.11. The molecule has 1 fully saturated rings. The van der Waals surface area contributed by atoms with E-state index in [1.807, 2.05) is 0 Å². The highest BCUT2D eigenvalue weighted by Gasteiger charge is 2.30. The summed E-state index contributed by atoms with van der Waals surface area (Å²) in [5.74, 6) is 1.21. The molecule has 2 heteroatoms. The van der Waals surface area contributed by atoms with Crippen LogP contribution in [-0.4, -0.2) is 11.9 Å². The van der Waals surface area contributed by atoms with Crippen LogP contribution in [0.4, 0.5) is 0 Å². The van der Waals surface area contributed by atoms with Crippen LogP contribution in [-0.2, 0) is 17.6 Å². The smallest absolute Gasteiger partial charge is 0.223 e. The van der Waals surface area contributed by atoms with Gasteiger partial charge in [-0.2, -0.15) is 0 Å². The number of amides is 1. The molecule has 1 aromatic rings. The van der Waals surface area contributed by atoms with Gasteiger partial charge in [0, 0.05) is 12.0 Å². The summed E-state index contributed by atoms with van der Waals surface area (Å²) in [6.45, 7) is 2.28. The summed E-state index contributed by atoms with van der Waals surface area (Å²) in [6, 6.07) is 8.87. The second kappa shape index (κ2) is 4.75. The maximum absolute atomic E-state index is 12.3. The van der Waals surface area contributed by atoms with Gasteiger partial charge in [0.1, 0.15) is 0 Å². The summed E-state index contributed by atoms with van der Waals surface area (Å²) >= 11 is 0. The molecular formula is C16H21NO. The molecule has 0 aromatic heterocycles. The van der Waals surface area contributed by atoms with Crippen molar-refractivity contribution in [3.05, 3.63) is 35.4 Å². The molecule has 2 aliphatic carbocycles. The first-order chi connectivity index (χ1) is 8.72. The third-order valence-corrected chi connectivity index (χ3v) is 4.46. The maximum Gasteiger partial charge on any atom is 0.223 e. The Hall–Kier alpha value is -1.31. The molecule has 96 valence electrons. The molecule has 1 aromatic carbocycles. The van der Waals surface area contributed by atoms with E-state index in [0.29, 0.717) is 6.04 Å². The molecule has 2 atom stereocenters. The number of nitrogens with one attached hydrogen (secondary N) is 1. The molecule has 0 aliphatic heterocycles. The van der Waals surface area contributed by atoms with Crippen LogP contribution in [0.5, 0.6) is 0 Å². The van der Waals surface area contributed by atoms with E-state index in [0.717, 1.165) is 31.6 Å². The highest BCUT2D eigenvalue weighted by atomic mass is 16.1. The summed E-state index contributed by atoms with van der Waals surface area (Å²) < 4.78 is 0. The topological polar surface area (TPSA) is 29.1 Å². The molecule has 2 nitrogen and oxygen atoms in total. The van der Waals surface area contributed by atoms with Gasteiger partial charge in [-0.3, -0.25) is 4.79 Å². The first-order valence-corrected chi connectivity index (χ1v) is 7.09. The van der Waals surface area contributed by atoms with Crippen LogP contribution in [0.15, 0.2) is 24.3 Å². The van der Waals surface area contributed by atoms with Crippen LogP contribution in [0.2, 0.25) is 0 Å². The van der Waals surface area contributed by atoms with E-state index in [1.165, 1.54) is 17.5 Å². The van der Waals surface area contributed by atoms with Gasteiger partial charge in [-0.05, 0) is 49.1 Å². The van der Waals surface area contributed by atoms with Crippen molar-refractivity contribution in [1.82, 2.24) is 5.32 Å². The summed E-state index contributed by atoms with van der Waals surface area (Å²) in [7, 11) is 0. The van der Waals surface area contributed by atoms with Crippen molar-refractivity contribution >= 4 is 5.91 Å². The quantitative estimate of drug-likeness (QED) is 0.850. The lowest BCUT2D eigenvalue weighted by atomic mass is 10.0. The van der Waals surface area contributed by atoms with E-state index in [1.54, 1.807) is 0 Å². The third-order valence-electron chi connectivity index (χ3n) is 4.46. The molecule has 1 saturated carbocycles. The summed E-state index contributed by atoms with van der Waals surface area (Å²) in [4.78, 5) is 12.3. The number of fused-ring (bicyclic) bond motifs is 1. The standard InChI is InChI=1S/C16H21NO/c1-11-6-7-15(8-11)17-16(18)14-9-12-4-2-3-5-13(12)10-14/h2-5,11,14-15H,6-10H2,1H3,(H,17,18). The fourth-order valence-electron chi connectivity index (χ4n) is 3.40. The van der Waals surface area contributed by atoms with Crippen molar-refractivity contribution in [2.75, 3.05) is 0 Å². The molecule has 2 aliphatic rings. The summed E-state index contributed by atoms with van der Waals surface area (Å²) in [6.07, 6.45) is 5.42. The Balaban J connectivity index is 1.59. The molecule has 1 N–H and O–H groups in total. The highest BCUT2D eigenvalue weighted by molar-refractivity contribution is 5.80. The van der Waals surface area contributed by atoms with Gasteiger partial charge < -0.3 is 5.32 Å². The fraction of sp³-hybridized carbons (Fsp3) is 0.562. The molecule has 0 spiro atoms. The van der Waals surface area contributed by atoms with Crippen LogP contribution >= 0.6 is 0 Å². The van der Waals surface area contributed by atoms with Crippen LogP contribution < -0.4 is 5.32 Å². The number of carbonyl (C=O) groups excluding carboxylic acids is 1. The Bertz CT molecular complexity index is 429. The van der Waals surface area contributed by atoms with Gasteiger partial charge in [0.2, 0.25) is 5.91 Å². The lowest BCUT2D eigenvalue weighted by Crippen LogP contribution is -2.37. The molecule has 1 amide bonds. The lowest BCUT2D eigenvalue weighted by molar-refractivity contribution is -0.125. The number of hydrogen-bond donors (Lipinski definition) is 1. The largest absolute Gasteiger partial charge is 0.353 e. The van der Waals surface area contributed by atoms with Crippen molar-refractivity contribution in [2.45, 2.75) is 45.1 Å². The van der Waals surface area contributed by atoms with Gasteiger partial charge in [0.25, 0.3) is 0 Å². The van der Waals surface area contributed by atoms with Crippen molar-refractivity contribution < 1.29 is 4.79 Å². The summed E-state index contributed by atoms with van der Waals surface area (Å²) in [5.41, 5.74) is 2.72. The van der Waals surface area contributed by atoms with Crippen LogP contribution in [0, 0.1) is 11.8 Å². The Labute approximate surface area is 109 Å². The molecule has 0 bridgehead atoms. The van der Waals surface area contributed by atoms with E-state index in [9.17, 15) is 4.79 Å². The van der Waals surface area contributed by atoms with E-state index < -0.39 is 0 Å². The van der Waals surface area contributed by atoms with Gasteiger partial charge >= 0.3 is 0 Å². The van der Waals surface area contributed by atoms with Crippen LogP contribution in [0.25, 0.3) is 0 Å². The summed E-state index contributed by atoms with van der Waals surface area (Å²) in [5, 5.41) is 3.25. The van der Waals surface area contributed by atoms with E-state index >= 15 is 0 Å². The Morgan fingerprint density at radius 1 is 1.17 bits per heavy atom. The molecule has 0 radical (unpaired) electrons. The molecular weight excluding hydrogens is 222 g/mol. The average Bonchev–Trinajstić information content (AvgIpc) is 2.95. The number of benzene rings is 1. The predicted octanol–water partition coefficient (Wildman–Crippen LogP) is 2.71. The second-order valence-electron chi connectivity index (χ2n) is 6.00. The second-order valence-corrected chi connectivity index (χ2v) is 6.00. The van der Waals surface area contributed by atoms with Gasteiger partial charge in [0.15, 0.2) is 0 Å². The van der Waals surface area contributed by atoms with Crippen molar-refractivity contribution in [3.8, 4) is 0 Å². The van der Waals surface area contributed by atoms with Crippen LogP contribution in [0.3, 0.4) is 0 Å². The zero-order chi connectivity index (χ0) is 12.5.